The zero-order chi connectivity index (χ0) is 42.5. The molecule has 64 heavy (non-hydrogen) atoms. The molecule has 0 saturated heterocycles. The summed E-state index contributed by atoms with van der Waals surface area (Å²) >= 11 is 1.86. The third kappa shape index (κ3) is 6.16. The van der Waals surface area contributed by atoms with Gasteiger partial charge in [-0.15, -0.1) is 11.3 Å². The lowest BCUT2D eigenvalue weighted by atomic mass is 9.65. The summed E-state index contributed by atoms with van der Waals surface area (Å²) in [5, 5.41) is 5.04. The van der Waals surface area contributed by atoms with Crippen LogP contribution in [-0.4, -0.2) is 4.57 Å². The van der Waals surface area contributed by atoms with E-state index in [-0.39, 0.29) is 0 Å². The number of anilines is 3. The summed E-state index contributed by atoms with van der Waals surface area (Å²) in [6.45, 7) is 0. The largest absolute Gasteiger partial charge is 0.310 e. The Balaban J connectivity index is 1.01. The third-order valence-corrected chi connectivity index (χ3v) is 14.1. The Morgan fingerprint density at radius 3 is 1.47 bits per heavy atom. The first kappa shape index (κ1) is 37.8. The predicted molar refractivity (Wildman–Crippen MR) is 272 cm³/mol. The van der Waals surface area contributed by atoms with Crippen LogP contribution in [0.3, 0.4) is 0 Å². The fourth-order valence-corrected chi connectivity index (χ4v) is 11.2. The van der Waals surface area contributed by atoms with Gasteiger partial charge in [-0.05, 0) is 106 Å². The quantitative estimate of drug-likeness (QED) is 0.132. The van der Waals surface area contributed by atoms with E-state index in [1.54, 1.807) is 0 Å². The Bertz CT molecular complexity index is 3480. The standard InChI is InChI=1S/C61H42N2S/c1-5-18-45(19-6-1)61(46-20-7-2-8-21-46,47-22-9-3-10-23-47)48-35-39-51(40-36-48)62(57-29-17-31-59-60(57)53-27-14-16-30-58(53)64-59)50-37-32-43(33-38-50)44-34-41-56-54(42-44)52-26-13-15-28-55(52)63(56)49-24-11-4-12-25-49/h1-42H. The van der Waals surface area contributed by atoms with Gasteiger partial charge >= 0.3 is 0 Å². The van der Waals surface area contributed by atoms with Gasteiger partial charge in [0.05, 0.1) is 22.1 Å². The molecule has 2 aromatic heterocycles. The number of thiophene rings is 1. The molecule has 0 aliphatic carbocycles. The number of aromatic nitrogens is 1. The van der Waals surface area contributed by atoms with Gasteiger partial charge in [-0.1, -0.05) is 182 Å². The van der Waals surface area contributed by atoms with Crippen molar-refractivity contribution in [1.29, 1.82) is 0 Å². The highest BCUT2D eigenvalue weighted by molar-refractivity contribution is 7.26. The van der Waals surface area contributed by atoms with E-state index in [0.29, 0.717) is 0 Å². The SMILES string of the molecule is c1ccc(-n2c3ccccc3c3cc(-c4ccc(N(c5ccc(C(c6ccccc6)(c6ccccc6)c6ccccc6)cc5)c5cccc6sc7ccccc7c56)cc4)ccc32)cc1. The molecule has 0 spiro atoms. The average molecular weight is 835 g/mol. The first-order chi connectivity index (χ1) is 31.8. The summed E-state index contributed by atoms with van der Waals surface area (Å²) < 4.78 is 4.94. The Morgan fingerprint density at radius 2 is 0.828 bits per heavy atom. The zero-order valence-electron chi connectivity index (χ0n) is 35.1. The number of para-hydroxylation sites is 2. The lowest BCUT2D eigenvalue weighted by Gasteiger charge is -2.37. The van der Waals surface area contributed by atoms with Crippen LogP contribution in [0.4, 0.5) is 17.1 Å². The molecule has 0 atom stereocenters. The monoisotopic (exact) mass is 834 g/mol. The van der Waals surface area contributed by atoms with Gasteiger partial charge in [-0.2, -0.15) is 0 Å². The number of rotatable bonds is 9. The van der Waals surface area contributed by atoms with Crippen LogP contribution < -0.4 is 4.90 Å². The summed E-state index contributed by atoms with van der Waals surface area (Å²) in [6, 6.07) is 93.2. The third-order valence-electron chi connectivity index (χ3n) is 12.9. The smallest absolute Gasteiger partial charge is 0.0701 e. The van der Waals surface area contributed by atoms with Crippen molar-refractivity contribution >= 4 is 70.4 Å². The van der Waals surface area contributed by atoms with Crippen molar-refractivity contribution in [2.45, 2.75) is 5.41 Å². The molecule has 3 heteroatoms. The normalized spacial score (nSPS) is 11.8. The molecule has 302 valence electrons. The van der Waals surface area contributed by atoms with Gasteiger partial charge in [-0.25, -0.2) is 0 Å². The van der Waals surface area contributed by atoms with Crippen LogP contribution >= 0.6 is 11.3 Å². The second-order valence-electron chi connectivity index (χ2n) is 16.4. The average Bonchev–Trinajstić information content (AvgIpc) is 3.92. The lowest BCUT2D eigenvalue weighted by molar-refractivity contribution is 0.745. The highest BCUT2D eigenvalue weighted by atomic mass is 32.1. The van der Waals surface area contributed by atoms with Crippen LogP contribution in [0.25, 0.3) is 58.8 Å². The van der Waals surface area contributed by atoms with Crippen LogP contribution in [0.2, 0.25) is 0 Å². The number of fused-ring (bicyclic) bond motifs is 6. The highest BCUT2D eigenvalue weighted by Crippen LogP contribution is 2.48. The van der Waals surface area contributed by atoms with Crippen molar-refractivity contribution in [2.75, 3.05) is 4.90 Å². The maximum Gasteiger partial charge on any atom is 0.0701 e. The molecule has 2 nitrogen and oxygen atoms in total. The molecule has 0 aliphatic heterocycles. The van der Waals surface area contributed by atoms with Crippen LogP contribution in [0.5, 0.6) is 0 Å². The highest BCUT2D eigenvalue weighted by Gasteiger charge is 2.38. The first-order valence-electron chi connectivity index (χ1n) is 21.9. The number of hydrogen-bond acceptors (Lipinski definition) is 2. The first-order valence-corrected chi connectivity index (χ1v) is 22.7. The van der Waals surface area contributed by atoms with E-state index in [4.69, 9.17) is 0 Å². The van der Waals surface area contributed by atoms with E-state index in [0.717, 1.165) is 17.1 Å². The van der Waals surface area contributed by atoms with Crippen LogP contribution in [0.15, 0.2) is 255 Å². The maximum absolute atomic E-state index is 2.45. The fourth-order valence-electron chi connectivity index (χ4n) is 10.1. The van der Waals surface area contributed by atoms with E-state index in [1.807, 2.05) is 11.3 Å². The Morgan fingerprint density at radius 1 is 0.344 bits per heavy atom. The Labute approximate surface area is 377 Å². The van der Waals surface area contributed by atoms with Gasteiger partial charge in [-0.3, -0.25) is 0 Å². The molecule has 10 aromatic carbocycles. The second-order valence-corrected chi connectivity index (χ2v) is 17.5. The van der Waals surface area contributed by atoms with Gasteiger partial charge in [0.25, 0.3) is 0 Å². The van der Waals surface area contributed by atoms with Crippen molar-refractivity contribution in [3.05, 3.63) is 277 Å². The van der Waals surface area contributed by atoms with Crippen molar-refractivity contribution in [3.63, 3.8) is 0 Å². The van der Waals surface area contributed by atoms with Crippen molar-refractivity contribution in [2.24, 2.45) is 0 Å². The van der Waals surface area contributed by atoms with E-state index in [2.05, 4.69) is 264 Å². The minimum Gasteiger partial charge on any atom is -0.310 e. The van der Waals surface area contributed by atoms with Crippen molar-refractivity contribution in [1.82, 2.24) is 4.57 Å². The summed E-state index contributed by atoms with van der Waals surface area (Å²) in [5.74, 6) is 0. The van der Waals surface area contributed by atoms with Gasteiger partial charge in [0.15, 0.2) is 0 Å². The van der Waals surface area contributed by atoms with Crippen molar-refractivity contribution < 1.29 is 0 Å². The topological polar surface area (TPSA) is 8.17 Å². The fraction of sp³-hybridized carbons (Fsp3) is 0.0164. The molecule has 12 rings (SSSR count). The number of nitrogens with zero attached hydrogens (tertiary/aromatic N) is 2. The van der Waals surface area contributed by atoms with E-state index >= 15 is 0 Å². The van der Waals surface area contributed by atoms with E-state index < -0.39 is 5.41 Å². The zero-order valence-corrected chi connectivity index (χ0v) is 35.9. The molecule has 0 N–H and O–H groups in total. The molecule has 0 saturated carbocycles. The number of hydrogen-bond donors (Lipinski definition) is 0. The molecule has 0 unspecified atom stereocenters. The summed E-state index contributed by atoms with van der Waals surface area (Å²) in [7, 11) is 0. The minimum absolute atomic E-state index is 0.535. The van der Waals surface area contributed by atoms with Crippen LogP contribution in [-0.2, 0) is 5.41 Å². The van der Waals surface area contributed by atoms with E-state index in [9.17, 15) is 0 Å². The predicted octanol–water partition coefficient (Wildman–Crippen LogP) is 16.7. The minimum atomic E-state index is -0.535. The number of benzene rings is 10. The van der Waals surface area contributed by atoms with Gasteiger partial charge in [0.1, 0.15) is 0 Å². The molecule has 0 amide bonds. The van der Waals surface area contributed by atoms with E-state index in [1.165, 1.54) is 81.0 Å². The Kier molecular flexibility index (Phi) is 9.28. The molecular formula is C61H42N2S. The van der Waals surface area contributed by atoms with Crippen LogP contribution in [0.1, 0.15) is 22.3 Å². The molecular weight excluding hydrogens is 793 g/mol. The molecule has 0 aliphatic rings. The molecule has 12 aromatic rings. The van der Waals surface area contributed by atoms with Gasteiger partial charge in [0.2, 0.25) is 0 Å². The molecule has 0 radical (unpaired) electrons. The maximum atomic E-state index is 2.45. The van der Waals surface area contributed by atoms with Crippen LogP contribution in [0, 0.1) is 0 Å². The molecule has 0 bridgehead atoms. The molecule has 2 heterocycles. The Hall–Kier alpha value is -7.98. The second kappa shape index (κ2) is 15.7. The van der Waals surface area contributed by atoms with Gasteiger partial charge < -0.3 is 9.47 Å². The summed E-state index contributed by atoms with van der Waals surface area (Å²) in [4.78, 5) is 2.45. The van der Waals surface area contributed by atoms with Crippen molar-refractivity contribution in [3.8, 4) is 16.8 Å². The molecule has 0 fully saturated rings. The van der Waals surface area contributed by atoms with Gasteiger partial charge in [0, 0.05) is 48.0 Å². The summed E-state index contributed by atoms with van der Waals surface area (Å²) in [6.07, 6.45) is 0. The summed E-state index contributed by atoms with van der Waals surface area (Å²) in [5.41, 5.74) is 13.6. The lowest BCUT2D eigenvalue weighted by Crippen LogP contribution is -2.31.